The van der Waals surface area contributed by atoms with Crippen LogP contribution in [-0.4, -0.2) is 33.1 Å². The maximum Gasteiger partial charge on any atom is 0.305 e. The molecule has 21 heavy (non-hydrogen) atoms. The number of amidine groups is 1. The van der Waals surface area contributed by atoms with E-state index in [1.807, 2.05) is 0 Å². The molecule has 0 saturated carbocycles. The first-order valence-corrected chi connectivity index (χ1v) is 6.91. The van der Waals surface area contributed by atoms with Gasteiger partial charge in [-0.2, -0.15) is 5.10 Å². The van der Waals surface area contributed by atoms with E-state index in [4.69, 9.17) is 5.11 Å². The number of nitrogens with zero attached hydrogens (tertiary/aromatic N) is 2. The van der Waals surface area contributed by atoms with Crippen molar-refractivity contribution in [1.29, 1.82) is 0 Å². The van der Waals surface area contributed by atoms with Crippen molar-refractivity contribution < 1.29 is 19.1 Å². The van der Waals surface area contributed by atoms with Gasteiger partial charge in [-0.3, -0.25) is 9.59 Å². The van der Waals surface area contributed by atoms with Crippen LogP contribution in [0.2, 0.25) is 0 Å². The van der Waals surface area contributed by atoms with Gasteiger partial charge >= 0.3 is 5.97 Å². The van der Waals surface area contributed by atoms with Crippen LogP contribution in [0.15, 0.2) is 34.5 Å². The number of rotatable bonds is 4. The highest BCUT2D eigenvalue weighted by molar-refractivity contribution is 8.15. The van der Waals surface area contributed by atoms with Gasteiger partial charge in [-0.1, -0.05) is 23.9 Å². The lowest BCUT2D eigenvalue weighted by atomic mass is 10.1. The van der Waals surface area contributed by atoms with Gasteiger partial charge < -0.3 is 10.4 Å². The van der Waals surface area contributed by atoms with Gasteiger partial charge in [-0.05, 0) is 24.6 Å². The zero-order chi connectivity index (χ0) is 15.4. The fourth-order valence-electron chi connectivity index (χ4n) is 1.61. The predicted molar refractivity (Wildman–Crippen MR) is 77.8 cm³/mol. The van der Waals surface area contributed by atoms with Gasteiger partial charge in [-0.25, -0.2) is 4.39 Å². The Kier molecular flexibility index (Phi) is 4.69. The van der Waals surface area contributed by atoms with Gasteiger partial charge in [0.1, 0.15) is 11.1 Å². The molecule has 1 aromatic carbocycles. The molecule has 0 bridgehead atoms. The van der Waals surface area contributed by atoms with E-state index < -0.39 is 17.1 Å². The van der Waals surface area contributed by atoms with Crippen molar-refractivity contribution in [3.8, 4) is 0 Å². The zero-order valence-corrected chi connectivity index (χ0v) is 11.9. The van der Waals surface area contributed by atoms with Crippen LogP contribution in [0.1, 0.15) is 18.9 Å². The van der Waals surface area contributed by atoms with E-state index in [2.05, 4.69) is 15.5 Å². The zero-order valence-electron chi connectivity index (χ0n) is 11.0. The van der Waals surface area contributed by atoms with Crippen molar-refractivity contribution in [1.82, 2.24) is 5.32 Å². The molecule has 6 nitrogen and oxygen atoms in total. The number of carboxylic acid groups (broad SMARTS) is 1. The third-order valence-corrected chi connectivity index (χ3v) is 3.76. The summed E-state index contributed by atoms with van der Waals surface area (Å²) in [5.74, 6) is -1.78. The summed E-state index contributed by atoms with van der Waals surface area (Å²) in [4.78, 5) is 22.1. The number of thioether (sulfide) groups is 1. The summed E-state index contributed by atoms with van der Waals surface area (Å²) in [6.07, 6.45) is -0.268. The summed E-state index contributed by atoms with van der Waals surface area (Å²) in [7, 11) is 0. The first kappa shape index (κ1) is 15.2. The minimum Gasteiger partial charge on any atom is -0.481 e. The topological polar surface area (TPSA) is 91.1 Å². The first-order valence-electron chi connectivity index (χ1n) is 6.03. The molecular formula is C13H12FN3O3S. The van der Waals surface area contributed by atoms with E-state index in [1.54, 1.807) is 19.1 Å². The van der Waals surface area contributed by atoms with E-state index in [1.165, 1.54) is 12.1 Å². The third-order valence-electron chi connectivity index (χ3n) is 2.69. The van der Waals surface area contributed by atoms with Gasteiger partial charge in [0.25, 0.3) is 0 Å². The van der Waals surface area contributed by atoms with Gasteiger partial charge in [0, 0.05) is 0 Å². The average molecular weight is 309 g/mol. The van der Waals surface area contributed by atoms with Crippen LogP contribution in [0.3, 0.4) is 0 Å². The molecule has 0 unspecified atom stereocenters. The summed E-state index contributed by atoms with van der Waals surface area (Å²) in [5, 5.41) is 18.5. The molecule has 0 aliphatic carbocycles. The Bertz CT molecular complexity index is 628. The van der Waals surface area contributed by atoms with Crippen molar-refractivity contribution in [2.24, 2.45) is 10.2 Å². The molecule has 0 aromatic heterocycles. The summed E-state index contributed by atoms with van der Waals surface area (Å²) in [6, 6.07) is 5.77. The molecule has 1 aromatic rings. The van der Waals surface area contributed by atoms with Gasteiger partial charge in [-0.15, -0.1) is 5.10 Å². The molecule has 0 spiro atoms. The molecule has 8 heteroatoms. The number of carbonyl (C=O) groups excluding carboxylic acids is 1. The molecule has 1 amide bonds. The van der Waals surface area contributed by atoms with Crippen molar-refractivity contribution in [3.63, 3.8) is 0 Å². The quantitative estimate of drug-likeness (QED) is 0.653. The maximum absolute atomic E-state index is 12.8. The Balaban J connectivity index is 2.07. The Morgan fingerprint density at radius 2 is 2.10 bits per heavy atom. The Morgan fingerprint density at radius 3 is 2.71 bits per heavy atom. The highest BCUT2D eigenvalue weighted by atomic mass is 32.2. The monoisotopic (exact) mass is 309 g/mol. The predicted octanol–water partition coefficient (Wildman–Crippen LogP) is 1.61. The number of aliphatic carboxylic acids is 1. The molecule has 1 saturated heterocycles. The lowest BCUT2D eigenvalue weighted by Crippen LogP contribution is -2.26. The van der Waals surface area contributed by atoms with E-state index >= 15 is 0 Å². The molecule has 1 atom stereocenters. The van der Waals surface area contributed by atoms with E-state index in [9.17, 15) is 14.0 Å². The Morgan fingerprint density at radius 1 is 1.43 bits per heavy atom. The lowest BCUT2D eigenvalue weighted by Gasteiger charge is -1.99. The number of halogens is 1. The highest BCUT2D eigenvalue weighted by Crippen LogP contribution is 2.22. The summed E-state index contributed by atoms with van der Waals surface area (Å²) < 4.78 is 12.8. The summed E-state index contributed by atoms with van der Waals surface area (Å²) >= 11 is 1.03. The molecule has 1 aliphatic rings. The van der Waals surface area contributed by atoms with Crippen molar-refractivity contribution in [2.75, 3.05) is 0 Å². The standard InChI is InChI=1S/C13H12FN3O3S/c1-7(8-2-4-9(14)5-3-8)16-17-13-15-12(20)10(21-13)6-11(18)19/h2-5,10H,6H2,1H3,(H,18,19)(H,15,17,20)/b16-7-/t10-/m1/s1. The highest BCUT2D eigenvalue weighted by Gasteiger charge is 2.32. The third kappa shape index (κ3) is 4.12. The fourth-order valence-corrected chi connectivity index (χ4v) is 2.52. The average Bonchev–Trinajstić information content (AvgIpc) is 2.77. The number of hydrogen-bond acceptors (Lipinski definition) is 5. The summed E-state index contributed by atoms with van der Waals surface area (Å²) in [5.41, 5.74) is 1.26. The fraction of sp³-hybridized carbons (Fsp3) is 0.231. The van der Waals surface area contributed by atoms with Crippen LogP contribution < -0.4 is 5.32 Å². The van der Waals surface area contributed by atoms with E-state index in [0.717, 1.165) is 11.8 Å². The number of amides is 1. The molecule has 1 heterocycles. The second kappa shape index (κ2) is 6.49. The largest absolute Gasteiger partial charge is 0.481 e. The maximum atomic E-state index is 12.8. The van der Waals surface area contributed by atoms with Gasteiger partial charge in [0.2, 0.25) is 5.91 Å². The molecular weight excluding hydrogens is 297 g/mol. The van der Waals surface area contributed by atoms with Crippen molar-refractivity contribution >= 4 is 34.5 Å². The molecule has 110 valence electrons. The number of nitrogens with one attached hydrogen (secondary N) is 1. The SMILES string of the molecule is C/C(=N/N=C1\NC(=O)[C@@H](CC(=O)O)S1)c1ccc(F)cc1. The molecule has 0 radical (unpaired) electrons. The minimum absolute atomic E-state index is 0.257. The smallest absolute Gasteiger partial charge is 0.305 e. The molecule has 2 rings (SSSR count). The van der Waals surface area contributed by atoms with Gasteiger partial charge in [0.15, 0.2) is 5.17 Å². The van der Waals surface area contributed by atoms with Crippen LogP contribution in [0.4, 0.5) is 4.39 Å². The number of carboxylic acids is 1. The van der Waals surface area contributed by atoms with Crippen molar-refractivity contribution in [2.45, 2.75) is 18.6 Å². The number of hydrogen-bond donors (Lipinski definition) is 2. The van der Waals surface area contributed by atoms with Crippen LogP contribution in [0.5, 0.6) is 0 Å². The first-order chi connectivity index (χ1) is 9.95. The minimum atomic E-state index is -1.05. The van der Waals surface area contributed by atoms with Crippen molar-refractivity contribution in [3.05, 3.63) is 35.6 Å². The Hall–Kier alpha value is -2.22. The molecule has 1 aliphatic heterocycles. The van der Waals surface area contributed by atoms with Crippen LogP contribution in [0.25, 0.3) is 0 Å². The number of benzene rings is 1. The van der Waals surface area contributed by atoms with Gasteiger partial charge in [0.05, 0.1) is 12.1 Å². The molecule has 1 fully saturated rings. The lowest BCUT2D eigenvalue weighted by molar-refractivity contribution is -0.138. The van der Waals surface area contributed by atoms with Crippen LogP contribution in [0, 0.1) is 5.82 Å². The van der Waals surface area contributed by atoms with E-state index in [-0.39, 0.29) is 17.4 Å². The normalized spacial score (nSPS) is 20.7. The second-order valence-corrected chi connectivity index (χ2v) is 5.48. The Labute approximate surface area is 124 Å². The van der Waals surface area contributed by atoms with E-state index in [0.29, 0.717) is 11.3 Å². The second-order valence-electron chi connectivity index (χ2n) is 4.29. The number of carbonyl (C=O) groups is 2. The van der Waals surface area contributed by atoms with Crippen LogP contribution >= 0.6 is 11.8 Å². The van der Waals surface area contributed by atoms with Crippen LogP contribution in [-0.2, 0) is 9.59 Å². The summed E-state index contributed by atoms with van der Waals surface area (Å²) in [6.45, 7) is 1.70. The molecule has 2 N–H and O–H groups in total.